The third-order valence-electron chi connectivity index (χ3n) is 4.93. The minimum absolute atomic E-state index is 1.07. The molecule has 0 atom stereocenters. The van der Waals surface area contributed by atoms with E-state index in [0.717, 1.165) is 18.5 Å². The summed E-state index contributed by atoms with van der Waals surface area (Å²) in [6.45, 7) is 0. The van der Waals surface area contributed by atoms with Crippen molar-refractivity contribution in [2.45, 2.75) is 12.8 Å². The second-order valence-electron chi connectivity index (χ2n) is 6.54. The molecule has 0 radical (unpaired) electrons. The van der Waals surface area contributed by atoms with Crippen molar-refractivity contribution >= 4 is 22.4 Å². The number of fused-ring (bicyclic) bond motifs is 2. The third-order valence-corrected chi connectivity index (χ3v) is 4.93. The number of benzene rings is 3. The van der Waals surface area contributed by atoms with Gasteiger partial charge in [0.05, 0.1) is 17.6 Å². The number of nitrogens with zero attached hydrogens (tertiary/aromatic N) is 2. The molecule has 2 heteroatoms. The Hall–Kier alpha value is -3.13. The van der Waals surface area contributed by atoms with E-state index in [1.54, 1.807) is 0 Å². The van der Waals surface area contributed by atoms with Gasteiger partial charge in [0, 0.05) is 0 Å². The minimum atomic E-state index is 1.07. The Bertz CT molecular complexity index is 1090. The first-order valence-corrected chi connectivity index (χ1v) is 8.70. The lowest BCUT2D eigenvalue weighted by molar-refractivity contribution is 0.866. The predicted molar refractivity (Wildman–Crippen MR) is 104 cm³/mol. The van der Waals surface area contributed by atoms with Gasteiger partial charge in [0.15, 0.2) is 0 Å². The summed E-state index contributed by atoms with van der Waals surface area (Å²) in [6, 6.07) is 25.6. The van der Waals surface area contributed by atoms with Gasteiger partial charge in [-0.25, -0.2) is 4.68 Å². The number of aryl methyl sites for hydroxylation is 1. The van der Waals surface area contributed by atoms with E-state index in [2.05, 4.69) is 88.7 Å². The fraction of sp³-hybridized carbons (Fsp3) is 0.0870. The summed E-state index contributed by atoms with van der Waals surface area (Å²) in [7, 11) is 0. The number of hydrogen-bond donors (Lipinski definition) is 0. The highest BCUT2D eigenvalue weighted by Gasteiger charge is 2.22. The molecule has 0 aliphatic heterocycles. The highest BCUT2D eigenvalue weighted by atomic mass is 15.3. The normalized spacial score (nSPS) is 15.0. The highest BCUT2D eigenvalue weighted by molar-refractivity contribution is 5.86. The molecule has 0 saturated carbocycles. The van der Waals surface area contributed by atoms with Crippen molar-refractivity contribution in [3.63, 3.8) is 0 Å². The molecule has 0 spiro atoms. The summed E-state index contributed by atoms with van der Waals surface area (Å²) in [5, 5.41) is 7.19. The van der Waals surface area contributed by atoms with Crippen LogP contribution in [-0.4, -0.2) is 9.78 Å². The SMILES string of the molecule is C(=C1\CCc2cnn(-c3ccc4ccccc4c3)c21)/c1ccccc1. The molecule has 1 aliphatic carbocycles. The van der Waals surface area contributed by atoms with Crippen LogP contribution in [0.1, 0.15) is 23.2 Å². The van der Waals surface area contributed by atoms with Crippen LogP contribution in [0.25, 0.3) is 28.1 Å². The molecule has 1 aliphatic rings. The molecule has 0 unspecified atom stereocenters. The van der Waals surface area contributed by atoms with Gasteiger partial charge in [-0.1, -0.05) is 60.7 Å². The lowest BCUT2D eigenvalue weighted by Crippen LogP contribution is -2.00. The topological polar surface area (TPSA) is 17.8 Å². The zero-order valence-electron chi connectivity index (χ0n) is 13.9. The van der Waals surface area contributed by atoms with Crippen molar-refractivity contribution < 1.29 is 0 Å². The van der Waals surface area contributed by atoms with Crippen LogP contribution in [0.3, 0.4) is 0 Å². The summed E-state index contributed by atoms with van der Waals surface area (Å²) >= 11 is 0. The Morgan fingerprint density at radius 2 is 1.60 bits per heavy atom. The molecule has 0 fully saturated rings. The number of hydrogen-bond acceptors (Lipinski definition) is 1. The summed E-state index contributed by atoms with van der Waals surface area (Å²) in [5.41, 5.74) is 6.35. The minimum Gasteiger partial charge on any atom is -0.233 e. The predicted octanol–water partition coefficient (Wildman–Crippen LogP) is 5.51. The lowest BCUT2D eigenvalue weighted by Gasteiger charge is -2.09. The Kier molecular flexibility index (Phi) is 3.27. The Morgan fingerprint density at radius 3 is 2.48 bits per heavy atom. The lowest BCUT2D eigenvalue weighted by atomic mass is 10.1. The number of rotatable bonds is 2. The van der Waals surface area contributed by atoms with Crippen LogP contribution >= 0.6 is 0 Å². The standard InChI is InChI=1S/C23H18N2/c1-2-6-17(7-3-1)14-20-10-11-21-16-24-25(23(20)21)22-13-12-18-8-4-5-9-19(18)15-22/h1-9,12-16H,10-11H2/b20-14-. The Balaban J connectivity index is 1.64. The molecular formula is C23H18N2. The van der Waals surface area contributed by atoms with Crippen molar-refractivity contribution in [1.29, 1.82) is 0 Å². The van der Waals surface area contributed by atoms with Crippen LogP contribution in [0.5, 0.6) is 0 Å². The first-order valence-electron chi connectivity index (χ1n) is 8.70. The summed E-state index contributed by atoms with van der Waals surface area (Å²) in [5.74, 6) is 0. The van der Waals surface area contributed by atoms with Gasteiger partial charge in [0.1, 0.15) is 0 Å². The average molecular weight is 322 g/mol. The van der Waals surface area contributed by atoms with Crippen molar-refractivity contribution in [3.8, 4) is 5.69 Å². The second-order valence-corrected chi connectivity index (χ2v) is 6.54. The van der Waals surface area contributed by atoms with E-state index >= 15 is 0 Å². The van der Waals surface area contributed by atoms with Crippen LogP contribution in [-0.2, 0) is 6.42 Å². The third kappa shape index (κ3) is 2.47. The number of aromatic nitrogens is 2. The van der Waals surface area contributed by atoms with E-state index in [-0.39, 0.29) is 0 Å². The summed E-state index contributed by atoms with van der Waals surface area (Å²) < 4.78 is 2.10. The van der Waals surface area contributed by atoms with Crippen molar-refractivity contribution in [3.05, 3.63) is 95.8 Å². The number of allylic oxidation sites excluding steroid dienone is 1. The molecule has 0 saturated heterocycles. The van der Waals surface area contributed by atoms with Crippen LogP contribution in [0.15, 0.2) is 79.0 Å². The summed E-state index contributed by atoms with van der Waals surface area (Å²) in [6.07, 6.45) is 6.47. The molecular weight excluding hydrogens is 304 g/mol. The molecule has 3 aromatic carbocycles. The zero-order chi connectivity index (χ0) is 16.6. The van der Waals surface area contributed by atoms with E-state index < -0.39 is 0 Å². The van der Waals surface area contributed by atoms with Crippen LogP contribution in [0, 0.1) is 0 Å². The van der Waals surface area contributed by atoms with Gasteiger partial charge in [-0.3, -0.25) is 0 Å². The zero-order valence-corrected chi connectivity index (χ0v) is 13.9. The van der Waals surface area contributed by atoms with E-state index in [9.17, 15) is 0 Å². The Morgan fingerprint density at radius 1 is 0.800 bits per heavy atom. The smallest absolute Gasteiger partial charge is 0.0733 e. The quantitative estimate of drug-likeness (QED) is 0.475. The molecule has 0 amide bonds. The fourth-order valence-electron chi connectivity index (χ4n) is 3.69. The van der Waals surface area contributed by atoms with Crippen molar-refractivity contribution in [1.82, 2.24) is 9.78 Å². The maximum atomic E-state index is 4.68. The molecule has 2 nitrogen and oxygen atoms in total. The maximum Gasteiger partial charge on any atom is 0.0733 e. The molecule has 4 aromatic rings. The fourth-order valence-corrected chi connectivity index (χ4v) is 3.69. The van der Waals surface area contributed by atoms with Crippen molar-refractivity contribution in [2.75, 3.05) is 0 Å². The van der Waals surface area contributed by atoms with E-state index in [4.69, 9.17) is 0 Å². The molecule has 25 heavy (non-hydrogen) atoms. The molecule has 1 heterocycles. The van der Waals surface area contributed by atoms with Crippen LogP contribution in [0.2, 0.25) is 0 Å². The first-order chi connectivity index (χ1) is 12.4. The molecule has 0 N–H and O–H groups in total. The monoisotopic (exact) mass is 322 g/mol. The van der Waals surface area contributed by atoms with Gasteiger partial charge >= 0.3 is 0 Å². The molecule has 1 aromatic heterocycles. The molecule has 120 valence electrons. The van der Waals surface area contributed by atoms with Gasteiger partial charge in [-0.05, 0) is 58.5 Å². The average Bonchev–Trinajstić information content (AvgIpc) is 3.25. The maximum absolute atomic E-state index is 4.68. The van der Waals surface area contributed by atoms with E-state index in [1.165, 1.54) is 33.2 Å². The first kappa shape index (κ1) is 14.2. The Labute approximate surface area is 147 Å². The summed E-state index contributed by atoms with van der Waals surface area (Å²) in [4.78, 5) is 0. The van der Waals surface area contributed by atoms with Gasteiger partial charge in [-0.2, -0.15) is 5.10 Å². The van der Waals surface area contributed by atoms with Crippen LogP contribution in [0.4, 0.5) is 0 Å². The van der Waals surface area contributed by atoms with Gasteiger partial charge in [-0.15, -0.1) is 0 Å². The van der Waals surface area contributed by atoms with Crippen molar-refractivity contribution in [2.24, 2.45) is 0 Å². The largest absolute Gasteiger partial charge is 0.233 e. The molecule has 0 bridgehead atoms. The van der Waals surface area contributed by atoms with E-state index in [1.807, 2.05) is 6.20 Å². The van der Waals surface area contributed by atoms with Gasteiger partial charge < -0.3 is 0 Å². The van der Waals surface area contributed by atoms with Gasteiger partial charge in [0.25, 0.3) is 0 Å². The molecule has 5 rings (SSSR count). The highest BCUT2D eigenvalue weighted by Crippen LogP contribution is 2.35. The second kappa shape index (κ2) is 5.75. The van der Waals surface area contributed by atoms with E-state index in [0.29, 0.717) is 0 Å². The van der Waals surface area contributed by atoms with Gasteiger partial charge in [0.2, 0.25) is 0 Å². The van der Waals surface area contributed by atoms with Crippen LogP contribution < -0.4 is 0 Å².